The molecule has 98 valence electrons. The van der Waals surface area contributed by atoms with E-state index >= 15 is 0 Å². The van der Waals surface area contributed by atoms with Crippen molar-refractivity contribution in [1.29, 1.82) is 0 Å². The molecule has 0 heterocycles. The van der Waals surface area contributed by atoms with E-state index in [4.69, 9.17) is 10.8 Å². The standard InChI is InChI=1S/C13H17FN2O2/c1-2-13(5-6-13)7-16-9-4-3-8(14)11(15)10(9)12(17)18/h3-4,16H,2,5-7,15H2,1H3,(H,17,18). The fraction of sp³-hybridized carbons (Fsp3) is 0.462. The van der Waals surface area contributed by atoms with E-state index < -0.39 is 11.8 Å². The maximum absolute atomic E-state index is 13.3. The zero-order chi connectivity index (χ0) is 13.3. The number of aromatic carboxylic acids is 1. The predicted octanol–water partition coefficient (Wildman–Crippen LogP) is 2.71. The lowest BCUT2D eigenvalue weighted by Gasteiger charge is -2.17. The maximum atomic E-state index is 13.3. The minimum absolute atomic E-state index is 0.179. The van der Waals surface area contributed by atoms with Crippen LogP contribution in [0.2, 0.25) is 0 Å². The SMILES string of the molecule is CCC1(CNc2ccc(F)c(N)c2C(=O)O)CC1. The minimum Gasteiger partial charge on any atom is -0.478 e. The van der Waals surface area contributed by atoms with Gasteiger partial charge in [-0.25, -0.2) is 9.18 Å². The van der Waals surface area contributed by atoms with Gasteiger partial charge < -0.3 is 16.2 Å². The van der Waals surface area contributed by atoms with E-state index in [9.17, 15) is 9.18 Å². The summed E-state index contributed by atoms with van der Waals surface area (Å²) in [6.45, 7) is 2.82. The van der Waals surface area contributed by atoms with Crippen LogP contribution in [0, 0.1) is 11.2 Å². The van der Waals surface area contributed by atoms with Gasteiger partial charge in [0.15, 0.2) is 0 Å². The van der Waals surface area contributed by atoms with Gasteiger partial charge in [-0.05, 0) is 36.8 Å². The van der Waals surface area contributed by atoms with Crippen molar-refractivity contribution in [3.05, 3.63) is 23.5 Å². The van der Waals surface area contributed by atoms with Gasteiger partial charge in [-0.1, -0.05) is 6.92 Å². The maximum Gasteiger partial charge on any atom is 0.340 e. The van der Waals surface area contributed by atoms with Gasteiger partial charge in [-0.2, -0.15) is 0 Å². The van der Waals surface area contributed by atoms with Crippen molar-refractivity contribution in [2.24, 2.45) is 5.41 Å². The summed E-state index contributed by atoms with van der Waals surface area (Å²) in [6.07, 6.45) is 3.35. The second-order valence-electron chi connectivity index (χ2n) is 4.90. The van der Waals surface area contributed by atoms with Gasteiger partial charge in [-0.3, -0.25) is 0 Å². The molecule has 5 heteroatoms. The third-order valence-corrected chi connectivity index (χ3v) is 3.77. The lowest BCUT2D eigenvalue weighted by Crippen LogP contribution is -2.17. The van der Waals surface area contributed by atoms with Gasteiger partial charge in [-0.15, -0.1) is 0 Å². The normalized spacial score (nSPS) is 16.3. The smallest absolute Gasteiger partial charge is 0.340 e. The molecule has 4 nitrogen and oxygen atoms in total. The van der Waals surface area contributed by atoms with Crippen molar-refractivity contribution in [3.63, 3.8) is 0 Å². The number of carbonyl (C=O) groups is 1. The number of carboxylic acid groups (broad SMARTS) is 1. The summed E-state index contributed by atoms with van der Waals surface area (Å²) in [4.78, 5) is 11.1. The van der Waals surface area contributed by atoms with Gasteiger partial charge in [0.1, 0.15) is 11.4 Å². The fourth-order valence-electron chi connectivity index (χ4n) is 2.09. The van der Waals surface area contributed by atoms with Crippen molar-refractivity contribution in [1.82, 2.24) is 0 Å². The Bertz CT molecular complexity index is 484. The van der Waals surface area contributed by atoms with Crippen molar-refractivity contribution in [3.8, 4) is 0 Å². The second-order valence-corrected chi connectivity index (χ2v) is 4.90. The molecule has 0 bridgehead atoms. The molecule has 2 rings (SSSR count). The summed E-state index contributed by atoms with van der Waals surface area (Å²) in [6, 6.07) is 2.62. The molecule has 0 spiro atoms. The van der Waals surface area contributed by atoms with Crippen LogP contribution in [0.3, 0.4) is 0 Å². The number of anilines is 2. The van der Waals surface area contributed by atoms with Crippen LogP contribution in [0.15, 0.2) is 12.1 Å². The first-order valence-corrected chi connectivity index (χ1v) is 6.04. The zero-order valence-corrected chi connectivity index (χ0v) is 10.3. The van der Waals surface area contributed by atoms with Crippen LogP contribution in [-0.4, -0.2) is 17.6 Å². The molecular weight excluding hydrogens is 235 g/mol. The van der Waals surface area contributed by atoms with E-state index in [2.05, 4.69) is 12.2 Å². The first kappa shape index (κ1) is 12.7. The molecule has 1 aliphatic rings. The number of nitrogens with one attached hydrogen (secondary N) is 1. The van der Waals surface area contributed by atoms with Crippen LogP contribution < -0.4 is 11.1 Å². The minimum atomic E-state index is -1.21. The molecule has 0 saturated heterocycles. The molecular formula is C13H17FN2O2. The summed E-state index contributed by atoms with van der Waals surface area (Å²) >= 11 is 0. The van der Waals surface area contributed by atoms with Gasteiger partial charge >= 0.3 is 5.97 Å². The molecule has 0 atom stereocenters. The highest BCUT2D eigenvalue weighted by Crippen LogP contribution is 2.48. The van der Waals surface area contributed by atoms with Crippen molar-refractivity contribution < 1.29 is 14.3 Å². The van der Waals surface area contributed by atoms with Gasteiger partial charge in [0.2, 0.25) is 0 Å². The van der Waals surface area contributed by atoms with Crippen molar-refractivity contribution in [2.75, 3.05) is 17.6 Å². The van der Waals surface area contributed by atoms with E-state index in [1.807, 2.05) is 0 Å². The Hall–Kier alpha value is -1.78. The summed E-state index contributed by atoms with van der Waals surface area (Å²) in [5.41, 5.74) is 5.65. The number of benzene rings is 1. The Morgan fingerprint density at radius 2 is 2.22 bits per heavy atom. The average molecular weight is 252 g/mol. The lowest BCUT2D eigenvalue weighted by atomic mass is 10.0. The Kier molecular flexibility index (Phi) is 3.15. The van der Waals surface area contributed by atoms with E-state index in [-0.39, 0.29) is 16.7 Å². The number of hydrogen-bond acceptors (Lipinski definition) is 3. The molecule has 1 aliphatic carbocycles. The van der Waals surface area contributed by atoms with Crippen LogP contribution in [0.25, 0.3) is 0 Å². The quantitative estimate of drug-likeness (QED) is 0.704. The highest BCUT2D eigenvalue weighted by molar-refractivity contribution is 6.00. The summed E-state index contributed by atoms with van der Waals surface area (Å²) in [5.74, 6) is -1.91. The Morgan fingerprint density at radius 1 is 1.56 bits per heavy atom. The van der Waals surface area contributed by atoms with Crippen LogP contribution in [0.5, 0.6) is 0 Å². The van der Waals surface area contributed by atoms with E-state index in [1.54, 1.807) is 0 Å². The Morgan fingerprint density at radius 3 is 2.72 bits per heavy atom. The predicted molar refractivity (Wildman–Crippen MR) is 68.2 cm³/mol. The number of nitrogen functional groups attached to an aromatic ring is 1. The molecule has 4 N–H and O–H groups in total. The van der Waals surface area contributed by atoms with E-state index in [0.717, 1.165) is 19.3 Å². The number of halogens is 1. The van der Waals surface area contributed by atoms with Crippen LogP contribution in [0.1, 0.15) is 36.5 Å². The molecule has 0 unspecified atom stereocenters. The van der Waals surface area contributed by atoms with Crippen LogP contribution in [-0.2, 0) is 0 Å². The largest absolute Gasteiger partial charge is 0.478 e. The lowest BCUT2D eigenvalue weighted by molar-refractivity contribution is 0.0698. The number of rotatable bonds is 5. The van der Waals surface area contributed by atoms with E-state index in [1.165, 1.54) is 12.1 Å². The molecule has 1 aromatic rings. The summed E-state index contributed by atoms with van der Waals surface area (Å²) in [7, 11) is 0. The second kappa shape index (κ2) is 4.48. The van der Waals surface area contributed by atoms with Crippen molar-refractivity contribution >= 4 is 17.3 Å². The fourth-order valence-corrected chi connectivity index (χ4v) is 2.09. The summed E-state index contributed by atoms with van der Waals surface area (Å²) in [5, 5.41) is 12.2. The average Bonchev–Trinajstić information content (AvgIpc) is 3.11. The zero-order valence-electron chi connectivity index (χ0n) is 10.3. The molecule has 0 radical (unpaired) electrons. The third-order valence-electron chi connectivity index (χ3n) is 3.77. The van der Waals surface area contributed by atoms with Gasteiger partial charge in [0.05, 0.1) is 11.4 Å². The molecule has 1 saturated carbocycles. The van der Waals surface area contributed by atoms with Crippen LogP contribution in [0.4, 0.5) is 15.8 Å². The highest BCUT2D eigenvalue weighted by atomic mass is 19.1. The molecule has 1 aromatic carbocycles. The van der Waals surface area contributed by atoms with Gasteiger partial charge in [0, 0.05) is 6.54 Å². The first-order valence-electron chi connectivity index (χ1n) is 6.04. The molecule has 0 aliphatic heterocycles. The molecule has 18 heavy (non-hydrogen) atoms. The first-order chi connectivity index (χ1) is 8.49. The Labute approximate surface area is 105 Å². The molecule has 0 amide bonds. The monoisotopic (exact) mass is 252 g/mol. The number of nitrogens with two attached hydrogens (primary N) is 1. The molecule has 1 fully saturated rings. The third kappa shape index (κ3) is 2.25. The van der Waals surface area contributed by atoms with Crippen molar-refractivity contribution in [2.45, 2.75) is 26.2 Å². The number of hydrogen-bond donors (Lipinski definition) is 3. The van der Waals surface area contributed by atoms with Crippen LogP contribution >= 0.6 is 0 Å². The summed E-state index contributed by atoms with van der Waals surface area (Å²) < 4.78 is 13.3. The Balaban J connectivity index is 2.22. The van der Waals surface area contributed by atoms with Gasteiger partial charge in [0.25, 0.3) is 0 Å². The number of carboxylic acids is 1. The topological polar surface area (TPSA) is 75.3 Å². The van der Waals surface area contributed by atoms with E-state index in [0.29, 0.717) is 12.2 Å². The molecule has 0 aromatic heterocycles. The highest BCUT2D eigenvalue weighted by Gasteiger charge is 2.40.